The Balaban J connectivity index is 2.24. The number of nitrogens with one attached hydrogen (secondary N) is 1. The summed E-state index contributed by atoms with van der Waals surface area (Å²) in [7, 11) is 0. The molecule has 0 saturated carbocycles. The zero-order valence-corrected chi connectivity index (χ0v) is 12.0. The van der Waals surface area contributed by atoms with Crippen molar-refractivity contribution in [2.75, 3.05) is 5.32 Å². The predicted octanol–water partition coefficient (Wildman–Crippen LogP) is 4.66. The predicted molar refractivity (Wildman–Crippen MR) is 78.3 cm³/mol. The van der Waals surface area contributed by atoms with E-state index < -0.39 is 0 Å². The highest BCUT2D eigenvalue weighted by Gasteiger charge is 2.08. The van der Waals surface area contributed by atoms with Crippen molar-refractivity contribution < 1.29 is 4.79 Å². The first kappa shape index (κ1) is 13.1. The van der Waals surface area contributed by atoms with E-state index in [0.717, 1.165) is 15.7 Å². The van der Waals surface area contributed by atoms with Crippen LogP contribution in [0.2, 0.25) is 5.02 Å². The van der Waals surface area contributed by atoms with Gasteiger partial charge in [0.1, 0.15) is 0 Å². The number of aryl methyl sites for hydroxylation is 1. The van der Waals surface area contributed by atoms with Gasteiger partial charge in [0.2, 0.25) is 0 Å². The first-order valence-corrected chi connectivity index (χ1v) is 6.56. The van der Waals surface area contributed by atoms with Gasteiger partial charge in [0.25, 0.3) is 5.91 Å². The Kier molecular flexibility index (Phi) is 4.04. The maximum absolute atomic E-state index is 12.0. The molecule has 0 radical (unpaired) electrons. The van der Waals surface area contributed by atoms with E-state index >= 15 is 0 Å². The summed E-state index contributed by atoms with van der Waals surface area (Å²) in [5.41, 5.74) is 2.34. The van der Waals surface area contributed by atoms with Gasteiger partial charge in [-0.25, -0.2) is 0 Å². The highest BCUT2D eigenvalue weighted by atomic mass is 79.9. The van der Waals surface area contributed by atoms with Crippen LogP contribution in [0.1, 0.15) is 15.9 Å². The fourth-order valence-electron chi connectivity index (χ4n) is 1.55. The van der Waals surface area contributed by atoms with Crippen molar-refractivity contribution in [3.8, 4) is 0 Å². The first-order valence-electron chi connectivity index (χ1n) is 5.39. The van der Waals surface area contributed by atoms with Gasteiger partial charge in [-0.1, -0.05) is 39.7 Å². The number of benzene rings is 2. The molecular weight excluding hydrogens is 314 g/mol. The fraction of sp³-hybridized carbons (Fsp3) is 0.0714. The zero-order chi connectivity index (χ0) is 13.1. The molecule has 0 fully saturated rings. The van der Waals surface area contributed by atoms with Gasteiger partial charge < -0.3 is 5.32 Å². The molecule has 18 heavy (non-hydrogen) atoms. The summed E-state index contributed by atoms with van der Waals surface area (Å²) in [4.78, 5) is 12.0. The van der Waals surface area contributed by atoms with Gasteiger partial charge in [0, 0.05) is 20.7 Å². The Hall–Kier alpha value is -1.32. The second-order valence-corrected chi connectivity index (χ2v) is 5.28. The van der Waals surface area contributed by atoms with E-state index in [-0.39, 0.29) is 5.91 Å². The van der Waals surface area contributed by atoms with Crippen molar-refractivity contribution in [3.05, 3.63) is 63.1 Å². The first-order chi connectivity index (χ1) is 8.56. The molecule has 0 bridgehead atoms. The summed E-state index contributed by atoms with van der Waals surface area (Å²) >= 11 is 9.24. The summed E-state index contributed by atoms with van der Waals surface area (Å²) in [6.07, 6.45) is 0. The van der Waals surface area contributed by atoms with Crippen molar-refractivity contribution in [2.24, 2.45) is 0 Å². The maximum Gasteiger partial charge on any atom is 0.255 e. The van der Waals surface area contributed by atoms with Gasteiger partial charge >= 0.3 is 0 Å². The van der Waals surface area contributed by atoms with Crippen LogP contribution in [0.4, 0.5) is 5.69 Å². The second-order valence-electron chi connectivity index (χ2n) is 3.92. The van der Waals surface area contributed by atoms with Crippen LogP contribution >= 0.6 is 27.5 Å². The van der Waals surface area contributed by atoms with Crippen molar-refractivity contribution in [1.29, 1.82) is 0 Å². The molecule has 0 spiro atoms. The summed E-state index contributed by atoms with van der Waals surface area (Å²) in [5.74, 6) is -0.168. The number of halogens is 2. The molecule has 0 saturated heterocycles. The van der Waals surface area contributed by atoms with Crippen LogP contribution in [0.15, 0.2) is 46.9 Å². The third kappa shape index (κ3) is 3.12. The van der Waals surface area contributed by atoms with Crippen LogP contribution in [-0.4, -0.2) is 5.91 Å². The molecule has 1 N–H and O–H groups in total. The van der Waals surface area contributed by atoms with Crippen LogP contribution in [0.5, 0.6) is 0 Å². The van der Waals surface area contributed by atoms with E-state index in [1.165, 1.54) is 0 Å². The Labute approximate surface area is 119 Å². The quantitative estimate of drug-likeness (QED) is 0.855. The zero-order valence-electron chi connectivity index (χ0n) is 9.71. The third-order valence-electron chi connectivity index (χ3n) is 2.53. The molecule has 0 heterocycles. The lowest BCUT2D eigenvalue weighted by atomic mass is 10.1. The lowest BCUT2D eigenvalue weighted by Gasteiger charge is -2.09. The molecule has 92 valence electrons. The van der Waals surface area contributed by atoms with Gasteiger partial charge in [-0.2, -0.15) is 0 Å². The van der Waals surface area contributed by atoms with Gasteiger partial charge in [-0.3, -0.25) is 4.79 Å². The molecule has 0 unspecified atom stereocenters. The molecule has 2 aromatic rings. The van der Waals surface area contributed by atoms with Crippen LogP contribution in [0.25, 0.3) is 0 Å². The largest absolute Gasteiger partial charge is 0.322 e. The monoisotopic (exact) mass is 323 g/mol. The summed E-state index contributed by atoms with van der Waals surface area (Å²) in [6, 6.07) is 12.6. The number of carbonyl (C=O) groups excluding carboxylic acids is 1. The standard InChI is InChI=1S/C14H11BrClNO/c1-9-5-6-11(15)8-13(9)17-14(18)10-3-2-4-12(16)7-10/h2-8H,1H3,(H,17,18). The molecule has 1 amide bonds. The Morgan fingerprint density at radius 1 is 1.22 bits per heavy atom. The molecule has 2 aromatic carbocycles. The smallest absolute Gasteiger partial charge is 0.255 e. The molecular formula is C14H11BrClNO. The minimum absolute atomic E-state index is 0.168. The number of hydrogen-bond donors (Lipinski definition) is 1. The molecule has 0 aliphatic carbocycles. The SMILES string of the molecule is Cc1ccc(Br)cc1NC(=O)c1cccc(Cl)c1. The van der Waals surface area contributed by atoms with Crippen molar-refractivity contribution in [3.63, 3.8) is 0 Å². The van der Waals surface area contributed by atoms with Crippen LogP contribution in [0, 0.1) is 6.92 Å². The Bertz CT molecular complexity index is 598. The maximum atomic E-state index is 12.0. The van der Waals surface area contributed by atoms with E-state index in [0.29, 0.717) is 10.6 Å². The Morgan fingerprint density at radius 3 is 2.72 bits per heavy atom. The summed E-state index contributed by atoms with van der Waals surface area (Å²) in [5, 5.41) is 3.42. The average molecular weight is 325 g/mol. The van der Waals surface area contributed by atoms with Gasteiger partial charge in [0.15, 0.2) is 0 Å². The normalized spacial score (nSPS) is 10.2. The average Bonchev–Trinajstić information content (AvgIpc) is 2.34. The van der Waals surface area contributed by atoms with E-state index in [1.807, 2.05) is 25.1 Å². The lowest BCUT2D eigenvalue weighted by Crippen LogP contribution is -2.12. The number of rotatable bonds is 2. The second kappa shape index (κ2) is 5.55. The van der Waals surface area contributed by atoms with Gasteiger partial charge in [0.05, 0.1) is 0 Å². The number of hydrogen-bond acceptors (Lipinski definition) is 1. The number of amides is 1. The molecule has 0 aliphatic rings. The van der Waals surface area contributed by atoms with Crippen LogP contribution in [0.3, 0.4) is 0 Å². The van der Waals surface area contributed by atoms with Crippen molar-refractivity contribution >= 4 is 39.1 Å². The lowest BCUT2D eigenvalue weighted by molar-refractivity contribution is 0.102. The van der Waals surface area contributed by atoms with E-state index in [4.69, 9.17) is 11.6 Å². The topological polar surface area (TPSA) is 29.1 Å². The number of carbonyl (C=O) groups is 1. The third-order valence-corrected chi connectivity index (χ3v) is 3.26. The Morgan fingerprint density at radius 2 is 2.00 bits per heavy atom. The van der Waals surface area contributed by atoms with Crippen LogP contribution < -0.4 is 5.32 Å². The van der Waals surface area contributed by atoms with Crippen molar-refractivity contribution in [2.45, 2.75) is 6.92 Å². The highest BCUT2D eigenvalue weighted by molar-refractivity contribution is 9.10. The summed E-state index contributed by atoms with van der Waals surface area (Å²) in [6.45, 7) is 1.94. The molecule has 0 atom stereocenters. The van der Waals surface area contributed by atoms with Gasteiger partial charge in [-0.05, 0) is 42.8 Å². The van der Waals surface area contributed by atoms with Gasteiger partial charge in [-0.15, -0.1) is 0 Å². The minimum Gasteiger partial charge on any atom is -0.322 e. The minimum atomic E-state index is -0.168. The van der Waals surface area contributed by atoms with Crippen molar-refractivity contribution in [1.82, 2.24) is 0 Å². The molecule has 0 aliphatic heterocycles. The van der Waals surface area contributed by atoms with E-state index in [2.05, 4.69) is 21.2 Å². The molecule has 2 rings (SSSR count). The summed E-state index contributed by atoms with van der Waals surface area (Å²) < 4.78 is 0.925. The molecule has 2 nitrogen and oxygen atoms in total. The van der Waals surface area contributed by atoms with Crippen LogP contribution in [-0.2, 0) is 0 Å². The van der Waals surface area contributed by atoms with E-state index in [9.17, 15) is 4.79 Å². The molecule has 0 aromatic heterocycles. The fourth-order valence-corrected chi connectivity index (χ4v) is 2.10. The number of anilines is 1. The van der Waals surface area contributed by atoms with E-state index in [1.54, 1.807) is 24.3 Å². The highest BCUT2D eigenvalue weighted by Crippen LogP contribution is 2.21. The molecule has 4 heteroatoms.